The van der Waals surface area contributed by atoms with Crippen molar-refractivity contribution in [2.24, 2.45) is 0 Å². The predicted molar refractivity (Wildman–Crippen MR) is 101 cm³/mol. The van der Waals surface area contributed by atoms with E-state index in [1.165, 1.54) is 5.56 Å². The summed E-state index contributed by atoms with van der Waals surface area (Å²) in [7, 11) is 1.67. The number of nitrogens with zero attached hydrogens (tertiary/aromatic N) is 1. The van der Waals surface area contributed by atoms with Gasteiger partial charge in [-0.3, -0.25) is 15.6 Å². The highest BCUT2D eigenvalue weighted by atomic mass is 16.5. The first-order valence-electron chi connectivity index (χ1n) is 9.27. The highest BCUT2D eigenvalue weighted by Crippen LogP contribution is 2.34. The van der Waals surface area contributed by atoms with Crippen molar-refractivity contribution in [1.29, 1.82) is 0 Å². The second kappa shape index (κ2) is 7.48. The molecule has 2 aromatic rings. The minimum atomic E-state index is 0.0869. The Bertz CT molecular complexity index is 772. The predicted octanol–water partition coefficient (Wildman–Crippen LogP) is 2.86. The maximum atomic E-state index is 13.2. The van der Waals surface area contributed by atoms with E-state index in [-0.39, 0.29) is 11.9 Å². The molecule has 0 radical (unpaired) electrons. The SMILES string of the molecule is COc1cc(C(=O)N2CCCC2c2ccccc2)ccc1C1CNNC1. The molecule has 2 saturated heterocycles. The molecule has 0 aliphatic carbocycles. The van der Waals surface area contributed by atoms with E-state index in [2.05, 4.69) is 23.0 Å². The molecule has 136 valence electrons. The molecule has 0 aromatic heterocycles. The normalized spacial score (nSPS) is 20.5. The van der Waals surface area contributed by atoms with Crippen LogP contribution in [0.1, 0.15) is 46.3 Å². The van der Waals surface area contributed by atoms with Crippen LogP contribution < -0.4 is 15.6 Å². The zero-order valence-corrected chi connectivity index (χ0v) is 15.1. The Morgan fingerprint density at radius 1 is 1.12 bits per heavy atom. The molecule has 2 aliphatic rings. The van der Waals surface area contributed by atoms with Gasteiger partial charge in [-0.05, 0) is 36.1 Å². The number of amides is 1. The fourth-order valence-corrected chi connectivity index (χ4v) is 4.06. The van der Waals surface area contributed by atoms with Crippen LogP contribution in [-0.4, -0.2) is 37.6 Å². The standard InChI is InChI=1S/C21H25N3O2/c1-26-20-12-16(9-10-18(20)17-13-22-23-14-17)21(25)24-11-5-8-19(24)15-6-3-2-4-7-15/h2-4,6-7,9-10,12,17,19,22-23H,5,8,11,13-14H2,1H3. The summed E-state index contributed by atoms with van der Waals surface area (Å²) in [6, 6.07) is 16.4. The Kier molecular flexibility index (Phi) is 4.91. The molecule has 0 bridgehead atoms. The smallest absolute Gasteiger partial charge is 0.254 e. The maximum absolute atomic E-state index is 13.2. The van der Waals surface area contributed by atoms with E-state index in [4.69, 9.17) is 4.74 Å². The van der Waals surface area contributed by atoms with Crippen molar-refractivity contribution >= 4 is 5.91 Å². The topological polar surface area (TPSA) is 53.6 Å². The van der Waals surface area contributed by atoms with Gasteiger partial charge in [0.2, 0.25) is 0 Å². The summed E-state index contributed by atoms with van der Waals surface area (Å²) < 4.78 is 5.60. The molecule has 1 amide bonds. The molecule has 2 aromatic carbocycles. The second-order valence-corrected chi connectivity index (χ2v) is 6.98. The third-order valence-corrected chi connectivity index (χ3v) is 5.44. The highest BCUT2D eigenvalue weighted by molar-refractivity contribution is 5.95. The second-order valence-electron chi connectivity index (χ2n) is 6.98. The average Bonchev–Trinajstić information content (AvgIpc) is 3.39. The van der Waals surface area contributed by atoms with Crippen molar-refractivity contribution in [2.45, 2.75) is 24.8 Å². The van der Waals surface area contributed by atoms with Crippen molar-refractivity contribution in [3.63, 3.8) is 0 Å². The van der Waals surface area contributed by atoms with Crippen molar-refractivity contribution < 1.29 is 9.53 Å². The average molecular weight is 351 g/mol. The van der Waals surface area contributed by atoms with Crippen LogP contribution in [0, 0.1) is 0 Å². The molecule has 2 N–H and O–H groups in total. The van der Waals surface area contributed by atoms with E-state index >= 15 is 0 Å². The largest absolute Gasteiger partial charge is 0.496 e. The van der Waals surface area contributed by atoms with Gasteiger partial charge in [0, 0.05) is 31.1 Å². The number of carbonyl (C=O) groups is 1. The van der Waals surface area contributed by atoms with Gasteiger partial charge < -0.3 is 9.64 Å². The van der Waals surface area contributed by atoms with Crippen LogP contribution in [0.15, 0.2) is 48.5 Å². The van der Waals surface area contributed by atoms with Crippen molar-refractivity contribution in [1.82, 2.24) is 15.8 Å². The van der Waals surface area contributed by atoms with Crippen LogP contribution >= 0.6 is 0 Å². The number of ether oxygens (including phenoxy) is 1. The van der Waals surface area contributed by atoms with Gasteiger partial charge in [0.25, 0.3) is 5.91 Å². The van der Waals surface area contributed by atoms with Crippen LogP contribution in [0.3, 0.4) is 0 Å². The summed E-state index contributed by atoms with van der Waals surface area (Å²) in [5, 5.41) is 0. The van der Waals surface area contributed by atoms with Gasteiger partial charge in [-0.15, -0.1) is 0 Å². The van der Waals surface area contributed by atoms with Crippen LogP contribution in [0.2, 0.25) is 0 Å². The van der Waals surface area contributed by atoms with Gasteiger partial charge in [-0.1, -0.05) is 36.4 Å². The molecule has 1 unspecified atom stereocenters. The lowest BCUT2D eigenvalue weighted by Crippen LogP contribution is -2.30. The summed E-state index contributed by atoms with van der Waals surface area (Å²) >= 11 is 0. The lowest BCUT2D eigenvalue weighted by atomic mass is 9.97. The van der Waals surface area contributed by atoms with Crippen LogP contribution in [0.25, 0.3) is 0 Å². The van der Waals surface area contributed by atoms with Crippen LogP contribution in [-0.2, 0) is 0 Å². The van der Waals surface area contributed by atoms with E-state index < -0.39 is 0 Å². The minimum Gasteiger partial charge on any atom is -0.496 e. The molecule has 0 spiro atoms. The Morgan fingerprint density at radius 3 is 2.62 bits per heavy atom. The number of likely N-dealkylation sites (tertiary alicyclic amines) is 1. The molecule has 0 saturated carbocycles. The lowest BCUT2D eigenvalue weighted by Gasteiger charge is -2.26. The first-order chi connectivity index (χ1) is 12.8. The summed E-state index contributed by atoms with van der Waals surface area (Å²) in [6.45, 7) is 2.54. The van der Waals surface area contributed by atoms with E-state index in [9.17, 15) is 4.79 Å². The van der Waals surface area contributed by atoms with Crippen LogP contribution in [0.4, 0.5) is 0 Å². The fourth-order valence-electron chi connectivity index (χ4n) is 4.06. The van der Waals surface area contributed by atoms with E-state index in [1.807, 2.05) is 41.3 Å². The third kappa shape index (κ3) is 3.20. The quantitative estimate of drug-likeness (QED) is 0.889. The number of nitrogens with one attached hydrogen (secondary N) is 2. The van der Waals surface area contributed by atoms with E-state index in [0.29, 0.717) is 11.5 Å². The zero-order chi connectivity index (χ0) is 17.9. The fraction of sp³-hybridized carbons (Fsp3) is 0.381. The van der Waals surface area contributed by atoms with Gasteiger partial charge in [-0.25, -0.2) is 0 Å². The number of methoxy groups -OCH3 is 1. The Morgan fingerprint density at radius 2 is 1.88 bits per heavy atom. The number of hydrazine groups is 1. The highest BCUT2D eigenvalue weighted by Gasteiger charge is 2.31. The Labute approximate surface area is 154 Å². The first-order valence-corrected chi connectivity index (χ1v) is 9.27. The minimum absolute atomic E-state index is 0.0869. The summed E-state index contributed by atoms with van der Waals surface area (Å²) in [4.78, 5) is 15.2. The zero-order valence-electron chi connectivity index (χ0n) is 15.1. The van der Waals surface area contributed by atoms with E-state index in [1.54, 1.807) is 7.11 Å². The number of rotatable bonds is 4. The summed E-state index contributed by atoms with van der Waals surface area (Å²) in [5.41, 5.74) is 9.35. The molecular formula is C21H25N3O2. The van der Waals surface area contributed by atoms with Crippen LogP contribution in [0.5, 0.6) is 5.75 Å². The Hall–Kier alpha value is -2.37. The van der Waals surface area contributed by atoms with Gasteiger partial charge in [0.05, 0.1) is 13.2 Å². The number of benzene rings is 2. The van der Waals surface area contributed by atoms with Gasteiger partial charge in [0.1, 0.15) is 5.75 Å². The summed E-state index contributed by atoms with van der Waals surface area (Å²) in [6.07, 6.45) is 2.06. The molecule has 5 heteroatoms. The molecule has 5 nitrogen and oxygen atoms in total. The third-order valence-electron chi connectivity index (χ3n) is 5.44. The number of hydrogen-bond donors (Lipinski definition) is 2. The first kappa shape index (κ1) is 17.1. The monoisotopic (exact) mass is 351 g/mol. The van der Waals surface area contributed by atoms with Gasteiger partial charge in [-0.2, -0.15) is 0 Å². The maximum Gasteiger partial charge on any atom is 0.254 e. The van der Waals surface area contributed by atoms with Gasteiger partial charge >= 0.3 is 0 Å². The molecule has 2 aliphatic heterocycles. The Balaban J connectivity index is 1.59. The summed E-state index contributed by atoms with van der Waals surface area (Å²) in [5.74, 6) is 1.24. The molecule has 26 heavy (non-hydrogen) atoms. The molecule has 1 atom stereocenters. The van der Waals surface area contributed by atoms with Crippen molar-refractivity contribution in [3.05, 3.63) is 65.2 Å². The van der Waals surface area contributed by atoms with E-state index in [0.717, 1.165) is 43.8 Å². The molecular weight excluding hydrogens is 326 g/mol. The number of carbonyl (C=O) groups excluding carboxylic acids is 1. The van der Waals surface area contributed by atoms with Crippen molar-refractivity contribution in [2.75, 3.05) is 26.7 Å². The number of hydrogen-bond acceptors (Lipinski definition) is 4. The molecule has 2 heterocycles. The van der Waals surface area contributed by atoms with Crippen molar-refractivity contribution in [3.8, 4) is 5.75 Å². The lowest BCUT2D eigenvalue weighted by molar-refractivity contribution is 0.0735. The molecule has 2 fully saturated rings. The molecule has 4 rings (SSSR count). The van der Waals surface area contributed by atoms with Gasteiger partial charge in [0.15, 0.2) is 0 Å².